The molecule has 0 radical (unpaired) electrons. The lowest BCUT2D eigenvalue weighted by Gasteiger charge is -2.36. The van der Waals surface area contributed by atoms with Gasteiger partial charge in [-0.05, 0) is 47.0 Å². The van der Waals surface area contributed by atoms with Crippen LogP contribution in [-0.2, 0) is 9.31 Å². The maximum absolute atomic E-state index is 8.96. The molecule has 2 aliphatic rings. The third-order valence-electron chi connectivity index (χ3n) is 5.74. The zero-order valence-electron chi connectivity index (χ0n) is 16.4. The van der Waals surface area contributed by atoms with Gasteiger partial charge in [-0.15, -0.1) is 0 Å². The van der Waals surface area contributed by atoms with E-state index in [1.165, 1.54) is 6.42 Å². The fourth-order valence-electron chi connectivity index (χ4n) is 3.40. The molecule has 0 spiro atoms. The molecular weight excluding hydrogens is 331 g/mol. The van der Waals surface area contributed by atoms with Gasteiger partial charge in [0.15, 0.2) is 0 Å². The van der Waals surface area contributed by atoms with Gasteiger partial charge in [0.05, 0.1) is 17.8 Å². The Balaban J connectivity index is 1.68. The van der Waals surface area contributed by atoms with E-state index in [4.69, 9.17) is 14.4 Å². The monoisotopic (exact) mass is 362 g/mol. The number of hydrogen-bond donors (Lipinski definition) is 2. The van der Waals surface area contributed by atoms with E-state index in [9.17, 15) is 0 Å². The van der Waals surface area contributed by atoms with Gasteiger partial charge in [0, 0.05) is 43.5 Å². The van der Waals surface area contributed by atoms with Crippen molar-refractivity contribution < 1.29 is 14.4 Å². The van der Waals surface area contributed by atoms with Crippen LogP contribution in [0.15, 0.2) is 12.4 Å². The third-order valence-corrected chi connectivity index (χ3v) is 5.74. The molecule has 0 unspecified atom stereocenters. The highest BCUT2D eigenvalue weighted by atomic mass is 16.7. The molecule has 0 saturated carbocycles. The fourth-order valence-corrected chi connectivity index (χ4v) is 3.40. The Labute approximate surface area is 156 Å². The van der Waals surface area contributed by atoms with Crippen LogP contribution in [0.2, 0.25) is 0 Å². The van der Waals surface area contributed by atoms with Gasteiger partial charge in [0.25, 0.3) is 0 Å². The maximum atomic E-state index is 8.96. The summed E-state index contributed by atoms with van der Waals surface area (Å²) in [5.41, 5.74) is 0.110. The first kappa shape index (κ1) is 19.5. The van der Waals surface area contributed by atoms with E-state index in [1.807, 2.05) is 40.1 Å². The van der Waals surface area contributed by atoms with Crippen LogP contribution >= 0.6 is 0 Å². The molecule has 1 aromatic heterocycles. The van der Waals surface area contributed by atoms with E-state index in [-0.39, 0.29) is 17.8 Å². The van der Waals surface area contributed by atoms with Crippen LogP contribution in [0.5, 0.6) is 0 Å². The summed E-state index contributed by atoms with van der Waals surface area (Å²) in [6.45, 7) is 10.7. The average molecular weight is 362 g/mol. The van der Waals surface area contributed by atoms with Crippen LogP contribution in [0.4, 0.5) is 5.95 Å². The summed E-state index contributed by atoms with van der Waals surface area (Å²) < 4.78 is 12.1. The predicted octanol–water partition coefficient (Wildman–Crippen LogP) is 0.717. The molecule has 1 atom stereocenters. The highest BCUT2D eigenvalue weighted by Crippen LogP contribution is 2.36. The minimum absolute atomic E-state index is 0.159. The van der Waals surface area contributed by atoms with Crippen molar-refractivity contribution in [2.75, 3.05) is 31.1 Å². The first-order valence-corrected chi connectivity index (χ1v) is 9.60. The number of rotatable bonds is 6. The normalized spacial score (nSPS) is 24.9. The number of piperidine rings is 1. The summed E-state index contributed by atoms with van der Waals surface area (Å²) in [4.78, 5) is 11.5. The molecule has 2 fully saturated rings. The largest absolute Gasteiger partial charge is 0.498 e. The van der Waals surface area contributed by atoms with E-state index in [1.54, 1.807) is 0 Å². The van der Waals surface area contributed by atoms with Crippen molar-refractivity contribution in [1.82, 2.24) is 15.3 Å². The highest BCUT2D eigenvalue weighted by Gasteiger charge is 2.52. The number of nitrogens with zero attached hydrogens (tertiary/aromatic N) is 3. The van der Waals surface area contributed by atoms with Gasteiger partial charge in [0.1, 0.15) is 0 Å². The molecule has 144 valence electrons. The molecule has 3 rings (SSSR count). The van der Waals surface area contributed by atoms with Gasteiger partial charge in [-0.25, -0.2) is 9.97 Å². The molecule has 0 aromatic carbocycles. The average Bonchev–Trinajstić information content (AvgIpc) is 2.83. The van der Waals surface area contributed by atoms with Crippen molar-refractivity contribution in [3.05, 3.63) is 12.4 Å². The molecule has 3 heterocycles. The van der Waals surface area contributed by atoms with E-state index >= 15 is 0 Å². The Hall–Kier alpha value is -1.22. The van der Waals surface area contributed by atoms with Crippen molar-refractivity contribution in [2.24, 2.45) is 0 Å². The Morgan fingerprint density at radius 2 is 1.85 bits per heavy atom. The molecule has 0 aliphatic carbocycles. The number of hydrogen-bond acceptors (Lipinski definition) is 7. The zero-order valence-corrected chi connectivity index (χ0v) is 16.4. The van der Waals surface area contributed by atoms with E-state index in [0.29, 0.717) is 12.6 Å². The second kappa shape index (κ2) is 7.80. The minimum Gasteiger partial charge on any atom is -0.399 e. The van der Waals surface area contributed by atoms with E-state index < -0.39 is 7.12 Å². The van der Waals surface area contributed by atoms with Gasteiger partial charge in [-0.2, -0.15) is 0 Å². The standard InChI is InChI=1S/C18H31BN4O3/c1-17(2)18(3,4)26-19(25-17)14-11-21-16(22-12-14)23-9-6-5-7-15(23)13-20-8-10-24/h11-12,15,20,24H,5-10,13H2,1-4H3/t15-/m1/s1. The van der Waals surface area contributed by atoms with Crippen LogP contribution in [0.3, 0.4) is 0 Å². The van der Waals surface area contributed by atoms with E-state index in [0.717, 1.165) is 37.3 Å². The number of aliphatic hydroxyl groups excluding tert-OH is 1. The molecule has 26 heavy (non-hydrogen) atoms. The van der Waals surface area contributed by atoms with Crippen LogP contribution in [-0.4, -0.2) is 65.7 Å². The Morgan fingerprint density at radius 1 is 1.19 bits per heavy atom. The van der Waals surface area contributed by atoms with Gasteiger partial charge in [-0.3, -0.25) is 0 Å². The van der Waals surface area contributed by atoms with Gasteiger partial charge in [0.2, 0.25) is 5.95 Å². The maximum Gasteiger partial charge on any atom is 0.498 e. The molecule has 0 bridgehead atoms. The number of aromatic nitrogens is 2. The molecule has 2 saturated heterocycles. The number of aliphatic hydroxyl groups is 1. The van der Waals surface area contributed by atoms with Crippen LogP contribution in [0.1, 0.15) is 47.0 Å². The summed E-state index contributed by atoms with van der Waals surface area (Å²) in [6.07, 6.45) is 7.11. The zero-order chi connectivity index (χ0) is 18.8. The Kier molecular flexibility index (Phi) is 5.86. The van der Waals surface area contributed by atoms with Gasteiger partial charge < -0.3 is 24.6 Å². The minimum atomic E-state index is -0.433. The van der Waals surface area contributed by atoms with Crippen molar-refractivity contribution in [1.29, 1.82) is 0 Å². The van der Waals surface area contributed by atoms with Gasteiger partial charge in [-0.1, -0.05) is 0 Å². The lowest BCUT2D eigenvalue weighted by Crippen LogP contribution is -2.47. The van der Waals surface area contributed by atoms with Crippen molar-refractivity contribution in [3.63, 3.8) is 0 Å². The predicted molar refractivity (Wildman–Crippen MR) is 103 cm³/mol. The molecule has 8 heteroatoms. The summed E-state index contributed by atoms with van der Waals surface area (Å²) in [5.74, 6) is 0.751. The lowest BCUT2D eigenvalue weighted by atomic mass is 9.81. The van der Waals surface area contributed by atoms with Crippen LogP contribution in [0, 0.1) is 0 Å². The van der Waals surface area contributed by atoms with E-state index in [2.05, 4.69) is 20.2 Å². The summed E-state index contributed by atoms with van der Waals surface area (Å²) in [7, 11) is -0.433. The first-order valence-electron chi connectivity index (χ1n) is 9.60. The van der Waals surface area contributed by atoms with Crippen LogP contribution < -0.4 is 15.7 Å². The Bertz CT molecular complexity index is 581. The first-order chi connectivity index (χ1) is 12.3. The van der Waals surface area contributed by atoms with Crippen LogP contribution in [0.25, 0.3) is 0 Å². The second-order valence-corrected chi connectivity index (χ2v) is 8.18. The van der Waals surface area contributed by atoms with Crippen molar-refractivity contribution in [3.8, 4) is 0 Å². The third kappa shape index (κ3) is 4.03. The lowest BCUT2D eigenvalue weighted by molar-refractivity contribution is 0.00578. The van der Waals surface area contributed by atoms with Gasteiger partial charge >= 0.3 is 7.12 Å². The molecule has 2 N–H and O–H groups in total. The SMILES string of the molecule is CC1(C)OB(c2cnc(N3CCCC[C@@H]3CNCCO)nc2)OC1(C)C. The Morgan fingerprint density at radius 3 is 2.46 bits per heavy atom. The molecule has 1 aromatic rings. The summed E-state index contributed by atoms with van der Waals surface area (Å²) >= 11 is 0. The summed E-state index contributed by atoms with van der Waals surface area (Å²) in [6, 6.07) is 0.359. The molecule has 2 aliphatic heterocycles. The molecule has 7 nitrogen and oxygen atoms in total. The van der Waals surface area contributed by atoms with Crippen molar-refractivity contribution >= 4 is 18.5 Å². The highest BCUT2D eigenvalue weighted by molar-refractivity contribution is 6.61. The quantitative estimate of drug-likeness (QED) is 0.570. The fraction of sp³-hybridized carbons (Fsp3) is 0.778. The summed E-state index contributed by atoms with van der Waals surface area (Å²) in [5, 5.41) is 12.3. The molecular formula is C18H31BN4O3. The number of nitrogens with one attached hydrogen (secondary N) is 1. The van der Waals surface area contributed by atoms with Crippen molar-refractivity contribution in [2.45, 2.75) is 64.2 Å². The topological polar surface area (TPSA) is 79.7 Å². The smallest absolute Gasteiger partial charge is 0.399 e. The molecule has 0 amide bonds. The number of anilines is 1. The second-order valence-electron chi connectivity index (χ2n) is 8.18.